The van der Waals surface area contributed by atoms with Gasteiger partial charge in [0.25, 0.3) is 0 Å². The molecule has 2 rings (SSSR count). The molecule has 1 amide bonds. The Morgan fingerprint density at radius 1 is 1.35 bits per heavy atom. The van der Waals surface area contributed by atoms with Crippen LogP contribution in [0.3, 0.4) is 0 Å². The Labute approximate surface area is 123 Å². The number of benzene rings is 1. The van der Waals surface area contributed by atoms with Crippen LogP contribution in [-0.4, -0.2) is 22.2 Å². The number of aryl methyl sites for hydroxylation is 2. The second-order valence-electron chi connectivity index (χ2n) is 4.80. The number of hydrogen-bond donors (Lipinski definition) is 1. The molecular formula is C15H18ClN3O. The summed E-state index contributed by atoms with van der Waals surface area (Å²) in [6.07, 6.45) is 1.12. The molecular weight excluding hydrogens is 274 g/mol. The molecule has 4 nitrogen and oxygen atoms in total. The number of rotatable bonds is 5. The van der Waals surface area contributed by atoms with Crippen LogP contribution in [0.15, 0.2) is 30.3 Å². The Kier molecular flexibility index (Phi) is 4.79. The van der Waals surface area contributed by atoms with Crippen molar-refractivity contribution in [3.05, 3.63) is 52.3 Å². The summed E-state index contributed by atoms with van der Waals surface area (Å²) in [5.74, 6) is 0.0139. The van der Waals surface area contributed by atoms with Crippen molar-refractivity contribution in [3.8, 4) is 0 Å². The highest BCUT2D eigenvalue weighted by Crippen LogP contribution is 2.09. The van der Waals surface area contributed by atoms with E-state index >= 15 is 0 Å². The van der Waals surface area contributed by atoms with Crippen LogP contribution in [-0.2, 0) is 24.7 Å². The van der Waals surface area contributed by atoms with Gasteiger partial charge in [-0.3, -0.25) is 9.48 Å². The minimum absolute atomic E-state index is 0.0139. The third-order valence-corrected chi connectivity index (χ3v) is 3.40. The van der Waals surface area contributed by atoms with Gasteiger partial charge in [0.2, 0.25) is 5.91 Å². The van der Waals surface area contributed by atoms with E-state index in [-0.39, 0.29) is 5.91 Å². The quantitative estimate of drug-likeness (QED) is 0.919. The first-order valence-corrected chi connectivity index (χ1v) is 6.93. The molecule has 0 bridgehead atoms. The summed E-state index contributed by atoms with van der Waals surface area (Å²) in [4.78, 5) is 11.8. The van der Waals surface area contributed by atoms with E-state index in [1.54, 1.807) is 12.1 Å². The molecule has 0 aliphatic heterocycles. The summed E-state index contributed by atoms with van der Waals surface area (Å²) in [5.41, 5.74) is 3.07. The Morgan fingerprint density at radius 3 is 2.65 bits per heavy atom. The zero-order valence-corrected chi connectivity index (χ0v) is 12.4. The monoisotopic (exact) mass is 291 g/mol. The Bertz CT molecular complexity index is 570. The van der Waals surface area contributed by atoms with Crippen LogP contribution in [0.25, 0.3) is 0 Å². The molecule has 0 spiro atoms. The van der Waals surface area contributed by atoms with E-state index in [0.717, 1.165) is 23.4 Å². The molecule has 0 radical (unpaired) electrons. The second kappa shape index (κ2) is 6.57. The fraction of sp³-hybridized carbons (Fsp3) is 0.333. The van der Waals surface area contributed by atoms with Crippen molar-refractivity contribution >= 4 is 17.5 Å². The number of nitrogens with one attached hydrogen (secondary N) is 1. The molecule has 0 aliphatic rings. The van der Waals surface area contributed by atoms with Gasteiger partial charge in [-0.25, -0.2) is 0 Å². The van der Waals surface area contributed by atoms with Gasteiger partial charge >= 0.3 is 0 Å². The highest BCUT2D eigenvalue weighted by atomic mass is 35.5. The third kappa shape index (κ3) is 4.10. The van der Waals surface area contributed by atoms with Crippen LogP contribution in [0.4, 0.5) is 0 Å². The second-order valence-corrected chi connectivity index (χ2v) is 5.24. The number of halogens is 1. The maximum Gasteiger partial charge on any atom is 0.224 e. The van der Waals surface area contributed by atoms with Gasteiger partial charge in [-0.2, -0.15) is 5.10 Å². The average Bonchev–Trinajstić information content (AvgIpc) is 2.71. The van der Waals surface area contributed by atoms with E-state index in [1.165, 1.54) is 0 Å². The molecule has 0 aliphatic carbocycles. The van der Waals surface area contributed by atoms with Crippen LogP contribution < -0.4 is 5.32 Å². The number of carbonyl (C=O) groups is 1. The van der Waals surface area contributed by atoms with Crippen LogP contribution in [0.5, 0.6) is 0 Å². The Morgan fingerprint density at radius 2 is 2.05 bits per heavy atom. The largest absolute Gasteiger partial charge is 0.355 e. The molecule has 0 atom stereocenters. The maximum atomic E-state index is 11.8. The van der Waals surface area contributed by atoms with Crippen molar-refractivity contribution in [2.75, 3.05) is 6.54 Å². The van der Waals surface area contributed by atoms with Crippen molar-refractivity contribution in [1.82, 2.24) is 15.1 Å². The molecule has 1 heterocycles. The minimum Gasteiger partial charge on any atom is -0.355 e. The molecule has 1 aromatic carbocycles. The summed E-state index contributed by atoms with van der Waals surface area (Å²) >= 11 is 5.80. The molecule has 20 heavy (non-hydrogen) atoms. The molecule has 2 aromatic rings. The first kappa shape index (κ1) is 14.6. The van der Waals surface area contributed by atoms with E-state index in [9.17, 15) is 4.79 Å². The van der Waals surface area contributed by atoms with Crippen molar-refractivity contribution in [3.63, 3.8) is 0 Å². The summed E-state index contributed by atoms with van der Waals surface area (Å²) in [6.45, 7) is 2.61. The van der Waals surface area contributed by atoms with Gasteiger partial charge in [-0.15, -0.1) is 0 Å². The van der Waals surface area contributed by atoms with Gasteiger partial charge in [0.05, 0.1) is 12.1 Å². The predicted octanol–water partition coefficient (Wildman–Crippen LogP) is 2.28. The van der Waals surface area contributed by atoms with E-state index in [4.69, 9.17) is 11.6 Å². The van der Waals surface area contributed by atoms with Crippen molar-refractivity contribution < 1.29 is 4.79 Å². The highest BCUT2D eigenvalue weighted by molar-refractivity contribution is 6.30. The topological polar surface area (TPSA) is 46.9 Å². The van der Waals surface area contributed by atoms with Gasteiger partial charge < -0.3 is 5.32 Å². The molecule has 5 heteroatoms. The van der Waals surface area contributed by atoms with Crippen LogP contribution in [0.1, 0.15) is 17.0 Å². The summed E-state index contributed by atoms with van der Waals surface area (Å²) in [5, 5.41) is 7.93. The fourth-order valence-corrected chi connectivity index (χ4v) is 2.06. The Hall–Kier alpha value is -1.81. The van der Waals surface area contributed by atoms with Crippen molar-refractivity contribution in [1.29, 1.82) is 0 Å². The van der Waals surface area contributed by atoms with Gasteiger partial charge in [0, 0.05) is 30.7 Å². The molecule has 1 N–H and O–H groups in total. The smallest absolute Gasteiger partial charge is 0.224 e. The van der Waals surface area contributed by atoms with E-state index in [2.05, 4.69) is 10.4 Å². The third-order valence-electron chi connectivity index (χ3n) is 3.15. The minimum atomic E-state index is 0.0139. The summed E-state index contributed by atoms with van der Waals surface area (Å²) < 4.78 is 1.84. The number of amides is 1. The number of carbonyl (C=O) groups excluding carboxylic acids is 1. The lowest BCUT2D eigenvalue weighted by atomic mass is 10.1. The lowest BCUT2D eigenvalue weighted by Crippen LogP contribution is -2.27. The maximum absolute atomic E-state index is 11.8. The van der Waals surface area contributed by atoms with Gasteiger partial charge in [0.1, 0.15) is 0 Å². The van der Waals surface area contributed by atoms with Crippen molar-refractivity contribution in [2.45, 2.75) is 19.8 Å². The van der Waals surface area contributed by atoms with E-state index in [0.29, 0.717) is 18.0 Å². The van der Waals surface area contributed by atoms with E-state index in [1.807, 2.05) is 36.9 Å². The fourth-order valence-electron chi connectivity index (χ4n) is 1.94. The normalized spacial score (nSPS) is 10.6. The first-order valence-electron chi connectivity index (χ1n) is 6.55. The van der Waals surface area contributed by atoms with Crippen molar-refractivity contribution in [2.24, 2.45) is 7.05 Å². The number of nitrogens with zero attached hydrogens (tertiary/aromatic N) is 2. The molecule has 106 valence electrons. The zero-order valence-electron chi connectivity index (χ0n) is 11.7. The standard InChI is InChI=1S/C15H18ClN3O/c1-11-9-14(18-19(11)2)7-8-17-15(20)10-12-3-5-13(16)6-4-12/h3-6,9H,7-8,10H2,1-2H3,(H,17,20). The highest BCUT2D eigenvalue weighted by Gasteiger charge is 2.05. The zero-order chi connectivity index (χ0) is 14.5. The number of hydrogen-bond acceptors (Lipinski definition) is 2. The molecule has 0 saturated heterocycles. The van der Waals surface area contributed by atoms with Gasteiger partial charge in [0.15, 0.2) is 0 Å². The van der Waals surface area contributed by atoms with Gasteiger partial charge in [-0.1, -0.05) is 23.7 Å². The Balaban J connectivity index is 1.76. The SMILES string of the molecule is Cc1cc(CCNC(=O)Cc2ccc(Cl)cc2)nn1C. The van der Waals surface area contributed by atoms with Crippen LogP contribution in [0.2, 0.25) is 5.02 Å². The molecule has 0 saturated carbocycles. The lowest BCUT2D eigenvalue weighted by molar-refractivity contribution is -0.120. The summed E-state index contributed by atoms with van der Waals surface area (Å²) in [7, 11) is 1.91. The molecule has 0 unspecified atom stereocenters. The van der Waals surface area contributed by atoms with E-state index < -0.39 is 0 Å². The number of aromatic nitrogens is 2. The van der Waals surface area contributed by atoms with Crippen LogP contribution >= 0.6 is 11.6 Å². The molecule has 0 fully saturated rings. The predicted molar refractivity (Wildman–Crippen MR) is 79.8 cm³/mol. The first-order chi connectivity index (χ1) is 9.54. The molecule has 1 aromatic heterocycles. The lowest BCUT2D eigenvalue weighted by Gasteiger charge is -2.04. The van der Waals surface area contributed by atoms with Gasteiger partial charge in [-0.05, 0) is 30.7 Å². The average molecular weight is 292 g/mol. The van der Waals surface area contributed by atoms with Crippen LogP contribution in [0, 0.1) is 6.92 Å². The summed E-state index contributed by atoms with van der Waals surface area (Å²) in [6, 6.07) is 9.35.